The predicted molar refractivity (Wildman–Crippen MR) is 146 cm³/mol. The number of rotatable bonds is 6. The van der Waals surface area contributed by atoms with Crippen LogP contribution in [-0.4, -0.2) is 33.2 Å². The molecule has 1 saturated carbocycles. The lowest BCUT2D eigenvalue weighted by Gasteiger charge is -2.30. The standard InChI is InChI=1S/C31H27N5O/c1-3-7-23(8-4-1)31(24-9-5-2-6-10-24)34-29-17-27-28(18-32-29)37-16-15-35(27)20-26-21-36-19-25(22-11-12-22)13-14-30(36)33-26/h1-10,13-14,17-19,21-22H,11-12,15-16,20H2. The zero-order valence-electron chi connectivity index (χ0n) is 20.5. The quantitative estimate of drug-likeness (QED) is 0.270. The van der Waals surface area contributed by atoms with Gasteiger partial charge in [-0.25, -0.2) is 15.0 Å². The first-order chi connectivity index (χ1) is 18.3. The fraction of sp³-hybridized carbons (Fsp3) is 0.194. The normalized spacial score (nSPS) is 14.8. The number of nitrogens with zero attached hydrogens (tertiary/aromatic N) is 5. The first-order valence-electron chi connectivity index (χ1n) is 12.8. The van der Waals surface area contributed by atoms with E-state index in [2.05, 4.69) is 63.1 Å². The van der Waals surface area contributed by atoms with Crippen molar-refractivity contribution in [2.45, 2.75) is 25.3 Å². The molecule has 1 aliphatic heterocycles. The van der Waals surface area contributed by atoms with Crippen molar-refractivity contribution in [1.29, 1.82) is 0 Å². The van der Waals surface area contributed by atoms with Gasteiger partial charge in [-0.05, 0) is 30.4 Å². The highest BCUT2D eigenvalue weighted by molar-refractivity contribution is 6.13. The summed E-state index contributed by atoms with van der Waals surface area (Å²) in [6.45, 7) is 2.11. The average Bonchev–Trinajstić information content (AvgIpc) is 3.72. The third kappa shape index (κ3) is 4.47. The summed E-state index contributed by atoms with van der Waals surface area (Å²) >= 11 is 0. The van der Waals surface area contributed by atoms with Crippen LogP contribution in [0.3, 0.4) is 0 Å². The molecule has 6 nitrogen and oxygen atoms in total. The maximum absolute atomic E-state index is 5.95. The fourth-order valence-corrected chi connectivity index (χ4v) is 4.99. The van der Waals surface area contributed by atoms with E-state index in [0.717, 1.165) is 52.1 Å². The summed E-state index contributed by atoms with van der Waals surface area (Å²) in [4.78, 5) is 16.9. The van der Waals surface area contributed by atoms with Crippen LogP contribution in [0.25, 0.3) is 5.65 Å². The zero-order valence-corrected chi connectivity index (χ0v) is 20.5. The van der Waals surface area contributed by atoms with E-state index in [0.29, 0.717) is 19.0 Å². The molecule has 0 radical (unpaired) electrons. The number of aliphatic imine (C=N–C) groups is 1. The minimum absolute atomic E-state index is 0.621. The largest absolute Gasteiger partial charge is 0.488 e. The van der Waals surface area contributed by atoms with Crippen LogP contribution < -0.4 is 9.64 Å². The SMILES string of the molecule is c1ccc(C(=Nc2cc3c(cn2)OCCN3Cc2cn3cc(C4CC4)ccc3n2)c2ccccc2)cc1. The summed E-state index contributed by atoms with van der Waals surface area (Å²) < 4.78 is 8.12. The van der Waals surface area contributed by atoms with Crippen molar-refractivity contribution in [3.63, 3.8) is 0 Å². The Morgan fingerprint density at radius 3 is 2.41 bits per heavy atom. The molecule has 0 amide bonds. The second-order valence-electron chi connectivity index (χ2n) is 9.71. The number of imidazole rings is 1. The van der Waals surface area contributed by atoms with Gasteiger partial charge in [0.05, 0.1) is 36.4 Å². The second kappa shape index (κ2) is 9.21. The number of anilines is 1. The van der Waals surface area contributed by atoms with Gasteiger partial charge in [-0.15, -0.1) is 0 Å². The van der Waals surface area contributed by atoms with Crippen molar-refractivity contribution in [2.24, 2.45) is 4.99 Å². The molecule has 0 N–H and O–H groups in total. The van der Waals surface area contributed by atoms with Crippen LogP contribution in [0.2, 0.25) is 0 Å². The van der Waals surface area contributed by atoms with Gasteiger partial charge < -0.3 is 14.0 Å². The van der Waals surface area contributed by atoms with E-state index in [1.807, 2.05) is 42.5 Å². The van der Waals surface area contributed by atoms with E-state index in [1.54, 1.807) is 6.20 Å². The van der Waals surface area contributed by atoms with Crippen LogP contribution in [-0.2, 0) is 6.54 Å². The maximum Gasteiger partial charge on any atom is 0.161 e. The van der Waals surface area contributed by atoms with Crippen molar-refractivity contribution < 1.29 is 4.74 Å². The van der Waals surface area contributed by atoms with Gasteiger partial charge in [0.25, 0.3) is 0 Å². The summed E-state index contributed by atoms with van der Waals surface area (Å²) in [6, 6.07) is 26.9. The van der Waals surface area contributed by atoms with Gasteiger partial charge in [0.1, 0.15) is 12.3 Å². The number of fused-ring (bicyclic) bond motifs is 2. The molecular weight excluding hydrogens is 458 g/mol. The third-order valence-corrected chi connectivity index (χ3v) is 7.04. The van der Waals surface area contributed by atoms with Crippen molar-refractivity contribution in [3.8, 4) is 5.75 Å². The Balaban J connectivity index is 1.22. The predicted octanol–water partition coefficient (Wildman–Crippen LogP) is 6.17. The fourth-order valence-electron chi connectivity index (χ4n) is 4.99. The molecule has 0 spiro atoms. The Morgan fingerprint density at radius 2 is 1.68 bits per heavy atom. The molecule has 6 heteroatoms. The number of pyridine rings is 2. The van der Waals surface area contributed by atoms with Crippen LogP contribution in [0.4, 0.5) is 11.5 Å². The van der Waals surface area contributed by atoms with Crippen LogP contribution in [0.5, 0.6) is 5.75 Å². The molecule has 0 atom stereocenters. The minimum Gasteiger partial charge on any atom is -0.488 e. The minimum atomic E-state index is 0.621. The summed E-state index contributed by atoms with van der Waals surface area (Å²) in [5.41, 5.74) is 7.43. The second-order valence-corrected chi connectivity index (χ2v) is 9.71. The number of benzene rings is 2. The molecule has 2 aliphatic rings. The Hall–Kier alpha value is -4.45. The molecule has 2 aromatic carbocycles. The van der Waals surface area contributed by atoms with Crippen molar-refractivity contribution >= 4 is 22.9 Å². The number of aromatic nitrogens is 3. The first kappa shape index (κ1) is 21.8. The van der Waals surface area contributed by atoms with Gasteiger partial charge in [0.15, 0.2) is 11.6 Å². The number of hydrogen-bond acceptors (Lipinski definition) is 5. The highest BCUT2D eigenvalue weighted by Gasteiger charge is 2.24. The van der Waals surface area contributed by atoms with E-state index in [9.17, 15) is 0 Å². The molecule has 1 aliphatic carbocycles. The van der Waals surface area contributed by atoms with Crippen LogP contribution in [0.1, 0.15) is 41.1 Å². The van der Waals surface area contributed by atoms with E-state index in [-0.39, 0.29) is 0 Å². The Labute approximate surface area is 215 Å². The van der Waals surface area contributed by atoms with E-state index >= 15 is 0 Å². The molecule has 7 rings (SSSR count). The van der Waals surface area contributed by atoms with Crippen LogP contribution in [0.15, 0.2) is 102 Å². The zero-order chi connectivity index (χ0) is 24.6. The number of hydrogen-bond donors (Lipinski definition) is 0. The number of ether oxygens (including phenoxy) is 1. The van der Waals surface area contributed by atoms with Crippen LogP contribution in [0, 0.1) is 0 Å². The third-order valence-electron chi connectivity index (χ3n) is 7.04. The summed E-state index contributed by atoms with van der Waals surface area (Å²) in [5, 5.41) is 0. The van der Waals surface area contributed by atoms with Gasteiger partial charge in [-0.3, -0.25) is 0 Å². The molecule has 0 unspecified atom stereocenters. The molecule has 1 fully saturated rings. The lowest BCUT2D eigenvalue weighted by atomic mass is 10.0. The topological polar surface area (TPSA) is 55.0 Å². The van der Waals surface area contributed by atoms with Gasteiger partial charge in [-0.2, -0.15) is 0 Å². The molecule has 4 heterocycles. The first-order valence-corrected chi connectivity index (χ1v) is 12.8. The van der Waals surface area contributed by atoms with E-state index < -0.39 is 0 Å². The summed E-state index contributed by atoms with van der Waals surface area (Å²) in [7, 11) is 0. The lowest BCUT2D eigenvalue weighted by molar-refractivity contribution is 0.305. The average molecular weight is 486 g/mol. The van der Waals surface area contributed by atoms with Crippen LogP contribution >= 0.6 is 0 Å². The molecule has 3 aromatic heterocycles. The highest BCUT2D eigenvalue weighted by Crippen LogP contribution is 2.40. The summed E-state index contributed by atoms with van der Waals surface area (Å²) in [5.74, 6) is 2.16. The van der Waals surface area contributed by atoms with E-state index in [1.165, 1.54) is 18.4 Å². The van der Waals surface area contributed by atoms with E-state index in [4.69, 9.17) is 14.7 Å². The Bertz CT molecular complexity index is 1550. The molecule has 5 aromatic rings. The van der Waals surface area contributed by atoms with Gasteiger partial charge in [-0.1, -0.05) is 66.7 Å². The molecule has 0 saturated heterocycles. The van der Waals surface area contributed by atoms with Gasteiger partial charge >= 0.3 is 0 Å². The molecule has 37 heavy (non-hydrogen) atoms. The van der Waals surface area contributed by atoms with Crippen molar-refractivity contribution in [1.82, 2.24) is 14.4 Å². The molecular formula is C31H27N5O. The van der Waals surface area contributed by atoms with Gasteiger partial charge in [0.2, 0.25) is 0 Å². The molecule has 182 valence electrons. The Kier molecular flexibility index (Phi) is 5.43. The maximum atomic E-state index is 5.95. The van der Waals surface area contributed by atoms with Crippen molar-refractivity contribution in [3.05, 3.63) is 120 Å². The Morgan fingerprint density at radius 1 is 0.919 bits per heavy atom. The monoisotopic (exact) mass is 485 g/mol. The molecule has 0 bridgehead atoms. The summed E-state index contributed by atoms with van der Waals surface area (Å²) in [6.07, 6.45) is 8.78. The lowest BCUT2D eigenvalue weighted by Crippen LogP contribution is -2.32. The smallest absolute Gasteiger partial charge is 0.161 e. The highest BCUT2D eigenvalue weighted by atomic mass is 16.5. The van der Waals surface area contributed by atoms with Crippen molar-refractivity contribution in [2.75, 3.05) is 18.1 Å². The van der Waals surface area contributed by atoms with Gasteiger partial charge in [0, 0.05) is 29.6 Å².